The largest absolute Gasteiger partial charge is 0.375 e. The fraction of sp³-hybridized carbons (Fsp3) is 0.684. The van der Waals surface area contributed by atoms with Gasteiger partial charge in [0.05, 0.1) is 10.9 Å². The number of piperidine rings is 1. The van der Waals surface area contributed by atoms with Crippen LogP contribution >= 0.6 is 11.6 Å². The Morgan fingerprint density at radius 1 is 1.19 bits per heavy atom. The number of sulfonamides is 1. The van der Waals surface area contributed by atoms with Crippen molar-refractivity contribution in [2.45, 2.75) is 62.0 Å². The summed E-state index contributed by atoms with van der Waals surface area (Å²) in [4.78, 5) is 2.41. The van der Waals surface area contributed by atoms with Crippen molar-refractivity contribution in [3.05, 3.63) is 34.9 Å². The lowest BCUT2D eigenvalue weighted by atomic mass is 9.82. The molecule has 2 aliphatic heterocycles. The summed E-state index contributed by atoms with van der Waals surface area (Å²) >= 11 is 6.28. The highest BCUT2D eigenvalue weighted by atomic mass is 35.5. The van der Waals surface area contributed by atoms with Crippen LogP contribution in [0.3, 0.4) is 0 Å². The molecule has 1 saturated carbocycles. The molecule has 4 rings (SSSR count). The maximum absolute atomic E-state index is 12.2. The fourth-order valence-corrected chi connectivity index (χ4v) is 5.98. The minimum atomic E-state index is -3.13. The number of nitrogens with one attached hydrogen (secondary N) is 1. The lowest BCUT2D eigenvalue weighted by Gasteiger charge is -2.46. The highest BCUT2D eigenvalue weighted by molar-refractivity contribution is 7.90. The SMILES string of the molecule is O=S(=O)(N[C@H]1CCOC2(CCN(Cc3ccccc3Cl)CC2)C1)C1CC1. The molecule has 3 aliphatic rings. The molecule has 2 heterocycles. The molecule has 1 spiro atoms. The van der Waals surface area contributed by atoms with Crippen LogP contribution in [0.15, 0.2) is 24.3 Å². The third-order valence-corrected chi connectivity index (χ3v) is 8.29. The van der Waals surface area contributed by atoms with Crippen LogP contribution in [0.4, 0.5) is 0 Å². The van der Waals surface area contributed by atoms with Crippen LogP contribution in [-0.4, -0.2) is 49.9 Å². The van der Waals surface area contributed by atoms with E-state index in [9.17, 15) is 8.42 Å². The van der Waals surface area contributed by atoms with E-state index in [4.69, 9.17) is 16.3 Å². The van der Waals surface area contributed by atoms with E-state index in [0.717, 1.165) is 68.7 Å². The molecule has 3 fully saturated rings. The molecule has 2 saturated heterocycles. The Morgan fingerprint density at radius 3 is 2.62 bits per heavy atom. The van der Waals surface area contributed by atoms with E-state index in [1.54, 1.807) is 0 Å². The van der Waals surface area contributed by atoms with Crippen LogP contribution in [-0.2, 0) is 21.3 Å². The van der Waals surface area contributed by atoms with Gasteiger partial charge in [-0.25, -0.2) is 13.1 Å². The van der Waals surface area contributed by atoms with Gasteiger partial charge >= 0.3 is 0 Å². The Kier molecular flexibility index (Phi) is 5.32. The van der Waals surface area contributed by atoms with Gasteiger partial charge in [0.2, 0.25) is 10.0 Å². The van der Waals surface area contributed by atoms with Crippen LogP contribution in [0.2, 0.25) is 5.02 Å². The van der Waals surface area contributed by atoms with Crippen LogP contribution < -0.4 is 4.72 Å². The summed E-state index contributed by atoms with van der Waals surface area (Å²) in [6, 6.07) is 8.00. The van der Waals surface area contributed by atoms with Gasteiger partial charge in [-0.15, -0.1) is 0 Å². The molecule has 26 heavy (non-hydrogen) atoms. The highest BCUT2D eigenvalue weighted by Gasteiger charge is 2.43. The molecule has 0 radical (unpaired) electrons. The molecule has 5 nitrogen and oxygen atoms in total. The number of benzene rings is 1. The van der Waals surface area contributed by atoms with Crippen molar-refractivity contribution < 1.29 is 13.2 Å². The first-order valence-electron chi connectivity index (χ1n) is 9.57. The van der Waals surface area contributed by atoms with Gasteiger partial charge in [-0.05, 0) is 50.2 Å². The molecule has 7 heteroatoms. The second-order valence-electron chi connectivity index (χ2n) is 7.95. The average molecular weight is 399 g/mol. The summed E-state index contributed by atoms with van der Waals surface area (Å²) < 4.78 is 33.6. The number of hydrogen-bond acceptors (Lipinski definition) is 4. The van der Waals surface area contributed by atoms with Crippen molar-refractivity contribution >= 4 is 21.6 Å². The van der Waals surface area contributed by atoms with Gasteiger partial charge in [0.1, 0.15) is 0 Å². The average Bonchev–Trinajstić information content (AvgIpc) is 3.45. The monoisotopic (exact) mass is 398 g/mol. The van der Waals surface area contributed by atoms with E-state index in [2.05, 4.69) is 15.7 Å². The standard InChI is InChI=1S/C19H27ClN2O3S/c20-18-4-2-1-3-15(18)14-22-10-8-19(9-11-22)13-16(7-12-25-19)21-26(23,24)17-5-6-17/h1-4,16-17,21H,5-14H2/t16-/m0/s1. The normalized spacial score (nSPS) is 26.9. The Labute approximate surface area is 161 Å². The molecule has 0 aromatic heterocycles. The molecule has 144 valence electrons. The van der Waals surface area contributed by atoms with E-state index in [-0.39, 0.29) is 16.9 Å². The molecule has 0 unspecified atom stereocenters. The summed E-state index contributed by atoms with van der Waals surface area (Å²) in [6.07, 6.45) is 5.07. The smallest absolute Gasteiger partial charge is 0.214 e. The van der Waals surface area contributed by atoms with E-state index >= 15 is 0 Å². The molecule has 1 aromatic carbocycles. The lowest BCUT2D eigenvalue weighted by molar-refractivity contribution is -0.118. The molecule has 1 N–H and O–H groups in total. The van der Waals surface area contributed by atoms with Crippen LogP contribution in [0, 0.1) is 0 Å². The number of ether oxygens (including phenoxy) is 1. The third-order valence-electron chi connectivity index (χ3n) is 5.91. The summed E-state index contributed by atoms with van der Waals surface area (Å²) in [6.45, 7) is 3.40. The fourth-order valence-electron chi connectivity index (χ4n) is 4.17. The first-order valence-corrected chi connectivity index (χ1v) is 11.5. The van der Waals surface area contributed by atoms with Crippen molar-refractivity contribution in [3.63, 3.8) is 0 Å². The highest BCUT2D eigenvalue weighted by Crippen LogP contribution is 2.37. The first kappa shape index (κ1) is 18.7. The summed E-state index contributed by atoms with van der Waals surface area (Å²) in [5.74, 6) is 0. The van der Waals surface area contributed by atoms with Crippen molar-refractivity contribution in [2.24, 2.45) is 0 Å². The van der Waals surface area contributed by atoms with Crippen molar-refractivity contribution in [3.8, 4) is 0 Å². The molecular formula is C19H27ClN2O3S. The first-order chi connectivity index (χ1) is 12.5. The number of halogens is 1. The van der Waals surface area contributed by atoms with Crippen LogP contribution in [0.5, 0.6) is 0 Å². The van der Waals surface area contributed by atoms with Gasteiger partial charge in [0.15, 0.2) is 0 Å². The van der Waals surface area contributed by atoms with E-state index in [1.807, 2.05) is 18.2 Å². The predicted molar refractivity (Wildman–Crippen MR) is 103 cm³/mol. The van der Waals surface area contributed by atoms with Gasteiger partial charge in [-0.3, -0.25) is 4.90 Å². The van der Waals surface area contributed by atoms with E-state index in [0.29, 0.717) is 6.61 Å². The zero-order valence-electron chi connectivity index (χ0n) is 15.0. The maximum atomic E-state index is 12.2. The Morgan fingerprint density at radius 2 is 1.92 bits per heavy atom. The minimum absolute atomic E-state index is 0.0180. The number of nitrogens with zero attached hydrogens (tertiary/aromatic N) is 1. The Balaban J connectivity index is 1.33. The molecule has 1 aromatic rings. The van der Waals surface area contributed by atoms with Crippen molar-refractivity contribution in [1.82, 2.24) is 9.62 Å². The van der Waals surface area contributed by atoms with Crippen LogP contribution in [0.25, 0.3) is 0 Å². The van der Waals surface area contributed by atoms with Gasteiger partial charge in [0.25, 0.3) is 0 Å². The molecule has 0 amide bonds. The quantitative estimate of drug-likeness (QED) is 0.828. The third kappa shape index (κ3) is 4.25. The predicted octanol–water partition coefficient (Wildman–Crippen LogP) is 2.94. The van der Waals surface area contributed by atoms with Crippen molar-refractivity contribution in [2.75, 3.05) is 19.7 Å². The summed E-state index contributed by atoms with van der Waals surface area (Å²) in [5, 5.41) is 0.662. The van der Waals surface area contributed by atoms with Gasteiger partial charge in [-0.1, -0.05) is 29.8 Å². The number of likely N-dealkylation sites (tertiary alicyclic amines) is 1. The minimum Gasteiger partial charge on any atom is -0.375 e. The van der Waals surface area contributed by atoms with Gasteiger partial charge in [0, 0.05) is 37.3 Å². The second-order valence-corrected chi connectivity index (χ2v) is 10.4. The Hall–Kier alpha value is -0.660. The second kappa shape index (κ2) is 7.40. The van der Waals surface area contributed by atoms with E-state index < -0.39 is 10.0 Å². The molecule has 1 atom stereocenters. The van der Waals surface area contributed by atoms with E-state index in [1.165, 1.54) is 0 Å². The van der Waals surface area contributed by atoms with Gasteiger partial charge in [-0.2, -0.15) is 0 Å². The zero-order valence-corrected chi connectivity index (χ0v) is 16.6. The molecule has 1 aliphatic carbocycles. The zero-order chi connectivity index (χ0) is 18.2. The number of hydrogen-bond donors (Lipinski definition) is 1. The summed E-state index contributed by atoms with van der Waals surface area (Å²) in [7, 11) is -3.13. The molecular weight excluding hydrogens is 372 g/mol. The van der Waals surface area contributed by atoms with Crippen molar-refractivity contribution in [1.29, 1.82) is 0 Å². The maximum Gasteiger partial charge on any atom is 0.214 e. The lowest BCUT2D eigenvalue weighted by Crippen LogP contribution is -2.53. The van der Waals surface area contributed by atoms with Crippen LogP contribution in [0.1, 0.15) is 44.1 Å². The Bertz CT molecular complexity index is 743. The summed E-state index contributed by atoms with van der Waals surface area (Å²) in [5.41, 5.74) is 0.983. The van der Waals surface area contributed by atoms with Gasteiger partial charge < -0.3 is 4.74 Å². The number of rotatable bonds is 5. The molecule has 0 bridgehead atoms. The topological polar surface area (TPSA) is 58.6 Å².